The first kappa shape index (κ1) is 15.5. The van der Waals surface area contributed by atoms with Crippen LogP contribution in [0.1, 0.15) is 30.1 Å². The van der Waals surface area contributed by atoms with Gasteiger partial charge in [0.05, 0.1) is 12.2 Å². The molecule has 114 valence electrons. The van der Waals surface area contributed by atoms with Crippen molar-refractivity contribution in [3.8, 4) is 0 Å². The van der Waals surface area contributed by atoms with E-state index in [-0.39, 0.29) is 5.91 Å². The summed E-state index contributed by atoms with van der Waals surface area (Å²) in [7, 11) is 0. The minimum atomic E-state index is -0.918. The van der Waals surface area contributed by atoms with Crippen molar-refractivity contribution >= 4 is 17.6 Å². The van der Waals surface area contributed by atoms with Gasteiger partial charge in [0, 0.05) is 18.9 Å². The molecular formula is C15H20N2O4. The zero-order valence-electron chi connectivity index (χ0n) is 12.1. The molecule has 3 N–H and O–H groups in total. The van der Waals surface area contributed by atoms with Crippen LogP contribution in [0.3, 0.4) is 0 Å². The van der Waals surface area contributed by atoms with Gasteiger partial charge in [-0.3, -0.25) is 4.79 Å². The first-order chi connectivity index (χ1) is 10.0. The van der Waals surface area contributed by atoms with Crippen LogP contribution in [-0.4, -0.2) is 37.2 Å². The number of esters is 1. The zero-order valence-corrected chi connectivity index (χ0v) is 12.1. The molecule has 21 heavy (non-hydrogen) atoms. The molecule has 1 aromatic carbocycles. The molecule has 1 saturated heterocycles. The molecule has 1 heterocycles. The van der Waals surface area contributed by atoms with Crippen LogP contribution < -0.4 is 11.1 Å². The van der Waals surface area contributed by atoms with E-state index in [1.54, 1.807) is 31.2 Å². The van der Waals surface area contributed by atoms with Gasteiger partial charge in [-0.05, 0) is 38.0 Å². The van der Waals surface area contributed by atoms with Crippen molar-refractivity contribution in [1.82, 2.24) is 0 Å². The number of nitrogens with one attached hydrogen (secondary N) is 1. The van der Waals surface area contributed by atoms with Crippen molar-refractivity contribution in [1.29, 1.82) is 0 Å². The lowest BCUT2D eigenvalue weighted by Crippen LogP contribution is -2.54. The van der Waals surface area contributed by atoms with E-state index < -0.39 is 11.5 Å². The number of hydrogen-bond acceptors (Lipinski definition) is 5. The Bertz CT molecular complexity index is 524. The maximum absolute atomic E-state index is 12.3. The van der Waals surface area contributed by atoms with Gasteiger partial charge in [0.25, 0.3) is 0 Å². The van der Waals surface area contributed by atoms with E-state index >= 15 is 0 Å². The van der Waals surface area contributed by atoms with Crippen LogP contribution in [-0.2, 0) is 14.3 Å². The maximum atomic E-state index is 12.3. The lowest BCUT2D eigenvalue weighted by molar-refractivity contribution is -0.124. The molecule has 1 aliphatic rings. The van der Waals surface area contributed by atoms with Gasteiger partial charge in [-0.2, -0.15) is 0 Å². The quantitative estimate of drug-likeness (QED) is 0.817. The van der Waals surface area contributed by atoms with E-state index in [1.165, 1.54) is 0 Å². The highest BCUT2D eigenvalue weighted by atomic mass is 16.5. The molecule has 0 saturated carbocycles. The van der Waals surface area contributed by atoms with Crippen LogP contribution >= 0.6 is 0 Å². The standard InChI is InChI=1S/C15H20N2O4/c1-2-21-13(18)11-4-3-5-12(10-11)17-14(19)15(16)6-8-20-9-7-15/h3-5,10H,2,6-9,16H2,1H3,(H,17,19). The largest absolute Gasteiger partial charge is 0.462 e. The fraction of sp³-hybridized carbons (Fsp3) is 0.467. The van der Waals surface area contributed by atoms with Crippen molar-refractivity contribution in [2.45, 2.75) is 25.3 Å². The second-order valence-electron chi connectivity index (χ2n) is 5.02. The molecule has 0 aromatic heterocycles. The van der Waals surface area contributed by atoms with Crippen LogP contribution in [0.5, 0.6) is 0 Å². The SMILES string of the molecule is CCOC(=O)c1cccc(NC(=O)C2(N)CCOCC2)c1. The van der Waals surface area contributed by atoms with Gasteiger partial charge < -0.3 is 20.5 Å². The summed E-state index contributed by atoms with van der Waals surface area (Å²) in [5.74, 6) is -0.672. The Labute approximate surface area is 123 Å². The zero-order chi connectivity index (χ0) is 15.3. The van der Waals surface area contributed by atoms with E-state index in [9.17, 15) is 9.59 Å². The number of benzene rings is 1. The molecule has 6 nitrogen and oxygen atoms in total. The topological polar surface area (TPSA) is 90.7 Å². The molecule has 1 fully saturated rings. The highest BCUT2D eigenvalue weighted by molar-refractivity contribution is 5.99. The van der Waals surface area contributed by atoms with E-state index in [0.717, 1.165) is 0 Å². The van der Waals surface area contributed by atoms with E-state index in [2.05, 4.69) is 5.32 Å². The highest BCUT2D eigenvalue weighted by Gasteiger charge is 2.35. The van der Waals surface area contributed by atoms with Gasteiger partial charge in [0.15, 0.2) is 0 Å². The number of rotatable bonds is 4. The molecule has 1 aliphatic heterocycles. The molecule has 0 unspecified atom stereocenters. The molecule has 0 atom stereocenters. The minimum Gasteiger partial charge on any atom is -0.462 e. The first-order valence-corrected chi connectivity index (χ1v) is 7.00. The van der Waals surface area contributed by atoms with Gasteiger partial charge in [-0.25, -0.2) is 4.79 Å². The predicted octanol–water partition coefficient (Wildman–Crippen LogP) is 1.31. The number of carbonyl (C=O) groups is 2. The first-order valence-electron chi connectivity index (χ1n) is 7.00. The summed E-state index contributed by atoms with van der Waals surface area (Å²) in [5.41, 5.74) is 6.12. The third kappa shape index (κ3) is 3.80. The van der Waals surface area contributed by atoms with Gasteiger partial charge >= 0.3 is 5.97 Å². The van der Waals surface area contributed by atoms with Crippen molar-refractivity contribution in [3.63, 3.8) is 0 Å². The van der Waals surface area contributed by atoms with Crippen molar-refractivity contribution in [2.24, 2.45) is 5.73 Å². The second-order valence-corrected chi connectivity index (χ2v) is 5.02. The van der Waals surface area contributed by atoms with Crippen LogP contribution in [0.2, 0.25) is 0 Å². The summed E-state index contributed by atoms with van der Waals surface area (Å²) >= 11 is 0. The molecule has 2 rings (SSSR count). The lowest BCUT2D eigenvalue weighted by atomic mass is 9.90. The Balaban J connectivity index is 2.07. The molecule has 0 spiro atoms. The van der Waals surface area contributed by atoms with Crippen LogP contribution in [0.15, 0.2) is 24.3 Å². The van der Waals surface area contributed by atoms with Crippen LogP contribution in [0.25, 0.3) is 0 Å². The summed E-state index contributed by atoms with van der Waals surface area (Å²) in [6.07, 6.45) is 0.965. The smallest absolute Gasteiger partial charge is 0.338 e. The third-order valence-corrected chi connectivity index (χ3v) is 3.47. The second kappa shape index (κ2) is 6.69. The monoisotopic (exact) mass is 292 g/mol. The summed E-state index contributed by atoms with van der Waals surface area (Å²) in [6, 6.07) is 6.62. The molecule has 0 aliphatic carbocycles. The number of nitrogens with two attached hydrogens (primary N) is 1. The number of carbonyl (C=O) groups excluding carboxylic acids is 2. The van der Waals surface area contributed by atoms with Crippen molar-refractivity contribution in [2.75, 3.05) is 25.1 Å². The fourth-order valence-electron chi connectivity index (χ4n) is 2.16. The van der Waals surface area contributed by atoms with Gasteiger partial charge in [0.2, 0.25) is 5.91 Å². The highest BCUT2D eigenvalue weighted by Crippen LogP contribution is 2.20. The summed E-state index contributed by atoms with van der Waals surface area (Å²) < 4.78 is 10.2. The van der Waals surface area contributed by atoms with Crippen molar-refractivity contribution < 1.29 is 19.1 Å². The average Bonchev–Trinajstić information content (AvgIpc) is 2.48. The van der Waals surface area contributed by atoms with Gasteiger partial charge in [-0.15, -0.1) is 0 Å². The minimum absolute atomic E-state index is 0.258. The number of hydrogen-bond donors (Lipinski definition) is 2. The fourth-order valence-corrected chi connectivity index (χ4v) is 2.16. The van der Waals surface area contributed by atoms with Gasteiger partial charge in [-0.1, -0.05) is 6.07 Å². The Kier molecular flexibility index (Phi) is 4.93. The molecule has 6 heteroatoms. The Morgan fingerprint density at radius 1 is 1.38 bits per heavy atom. The lowest BCUT2D eigenvalue weighted by Gasteiger charge is -2.31. The molecule has 1 amide bonds. The number of amides is 1. The Hall–Kier alpha value is -1.92. The third-order valence-electron chi connectivity index (χ3n) is 3.47. The van der Waals surface area contributed by atoms with E-state index in [0.29, 0.717) is 43.9 Å². The normalized spacial score (nSPS) is 17.0. The molecule has 0 bridgehead atoms. The predicted molar refractivity (Wildman–Crippen MR) is 78.0 cm³/mol. The summed E-state index contributed by atoms with van der Waals surface area (Å²) in [6.45, 7) is 3.01. The molecule has 1 aromatic rings. The average molecular weight is 292 g/mol. The summed E-state index contributed by atoms with van der Waals surface area (Å²) in [4.78, 5) is 24.0. The molecule has 0 radical (unpaired) electrons. The Morgan fingerprint density at radius 3 is 2.76 bits per heavy atom. The number of ether oxygens (including phenoxy) is 2. The van der Waals surface area contributed by atoms with Crippen LogP contribution in [0, 0.1) is 0 Å². The van der Waals surface area contributed by atoms with E-state index in [4.69, 9.17) is 15.2 Å². The maximum Gasteiger partial charge on any atom is 0.338 e. The van der Waals surface area contributed by atoms with Gasteiger partial charge in [0.1, 0.15) is 5.54 Å². The number of anilines is 1. The Morgan fingerprint density at radius 2 is 2.10 bits per heavy atom. The summed E-state index contributed by atoms with van der Waals surface area (Å²) in [5, 5.41) is 2.76. The van der Waals surface area contributed by atoms with Crippen LogP contribution in [0.4, 0.5) is 5.69 Å². The molecular weight excluding hydrogens is 272 g/mol. The van der Waals surface area contributed by atoms with E-state index in [1.807, 2.05) is 0 Å². The van der Waals surface area contributed by atoms with Crippen molar-refractivity contribution in [3.05, 3.63) is 29.8 Å².